The highest BCUT2D eigenvalue weighted by Gasteiger charge is 2.77. The molecule has 2 saturated carbocycles. The van der Waals surface area contributed by atoms with Gasteiger partial charge in [-0.3, -0.25) is 0 Å². The fourth-order valence-corrected chi connectivity index (χ4v) is 14.5. The molecule has 0 radical (unpaired) electrons. The van der Waals surface area contributed by atoms with Gasteiger partial charge in [-0.15, -0.1) is 0 Å². The summed E-state index contributed by atoms with van der Waals surface area (Å²) in [7, 11) is 0. The zero-order valence-electron chi connectivity index (χ0n) is 40.4. The third-order valence-corrected chi connectivity index (χ3v) is 17.9. The first kappa shape index (κ1) is 41.5. The van der Waals surface area contributed by atoms with Crippen LogP contribution >= 0.6 is 0 Å². The van der Waals surface area contributed by atoms with E-state index in [4.69, 9.17) is 0 Å². The highest BCUT2D eigenvalue weighted by Crippen LogP contribution is 2.84. The van der Waals surface area contributed by atoms with Crippen molar-refractivity contribution < 1.29 is 0 Å². The maximum absolute atomic E-state index is 2.61. The van der Waals surface area contributed by atoms with Crippen molar-refractivity contribution in [3.63, 3.8) is 0 Å². The normalized spacial score (nSPS) is 22.5. The van der Waals surface area contributed by atoms with Crippen LogP contribution in [0.4, 0.5) is 11.4 Å². The Balaban J connectivity index is 0.831. The average molecular weight is 920 g/mol. The summed E-state index contributed by atoms with van der Waals surface area (Å²) in [6.07, 6.45) is 9.54. The summed E-state index contributed by atoms with van der Waals surface area (Å²) in [5.41, 5.74) is 23.9. The van der Waals surface area contributed by atoms with E-state index in [9.17, 15) is 0 Å². The number of rotatable bonds is 8. The Morgan fingerprint density at radius 3 is 1.81 bits per heavy atom. The Kier molecular flexibility index (Phi) is 9.15. The minimum atomic E-state index is -0.307. The molecule has 2 fully saturated rings. The molecule has 0 bridgehead atoms. The van der Waals surface area contributed by atoms with Gasteiger partial charge in [0.1, 0.15) is 0 Å². The molecular formula is C71H53N. The standard InChI is InChI=1S/C71H53N/c1-70(51-22-7-3-8-23-51)65-31-16-15-28-58(65)59-41-40-55(43-66(59)70)72(53-36-32-47(33-37-53)50-21-17-20-49(42-50)46-18-5-2-6-19-46)54-38-34-48(35-39-54)62-44-63-57-27-12-14-30-61(57)68-69-64(67(63)60-29-13-11-26-56(60)62)45-71(68,69)52-24-9-4-10-25-52/h2-34,36-44,48,64,68-69H,35,45H2,1H3. The smallest absolute Gasteiger partial charge is 0.0465 e. The number of fused-ring (bicyclic) bond motifs is 11. The maximum atomic E-state index is 2.61. The Hall–Kier alpha value is -8.26. The van der Waals surface area contributed by atoms with Gasteiger partial charge in [-0.2, -0.15) is 0 Å². The van der Waals surface area contributed by atoms with Gasteiger partial charge in [0.05, 0.1) is 0 Å². The fraction of sp³-hybridized carbons (Fsp3) is 0.127. The number of hydrogen-bond acceptors (Lipinski definition) is 1. The van der Waals surface area contributed by atoms with Crippen molar-refractivity contribution in [3.05, 3.63) is 299 Å². The minimum Gasteiger partial charge on any atom is -0.311 e. The molecule has 0 aromatic heterocycles. The predicted octanol–water partition coefficient (Wildman–Crippen LogP) is 18.1. The van der Waals surface area contributed by atoms with Crippen molar-refractivity contribution in [3.8, 4) is 44.5 Å². The molecule has 6 atom stereocenters. The third-order valence-electron chi connectivity index (χ3n) is 17.9. The molecule has 0 saturated heterocycles. The molecule has 6 unspecified atom stereocenters. The SMILES string of the molecule is CC1(c2ccccc2)c2ccccc2-c2ccc(N(C3=CCC(c4cc5c(c6ccccc46)C4CC6(c7ccccc7)C(c7ccccc7-5)C46)C=C3)c3ccc(-c4cccc(-c5ccccc5)c4)cc3)cc21. The van der Waals surface area contributed by atoms with Gasteiger partial charge < -0.3 is 4.90 Å². The van der Waals surface area contributed by atoms with Crippen molar-refractivity contribution in [2.75, 3.05) is 4.90 Å². The van der Waals surface area contributed by atoms with Gasteiger partial charge in [0.2, 0.25) is 0 Å². The van der Waals surface area contributed by atoms with Crippen LogP contribution in [0.25, 0.3) is 55.3 Å². The quantitative estimate of drug-likeness (QED) is 0.147. The summed E-state index contributed by atoms with van der Waals surface area (Å²) in [5, 5.41) is 2.84. The first-order valence-corrected chi connectivity index (χ1v) is 26.0. The van der Waals surface area contributed by atoms with Crippen LogP contribution < -0.4 is 4.90 Å². The predicted molar refractivity (Wildman–Crippen MR) is 299 cm³/mol. The summed E-state index contributed by atoms with van der Waals surface area (Å²) in [6.45, 7) is 2.42. The van der Waals surface area contributed by atoms with E-state index in [-0.39, 0.29) is 16.7 Å². The van der Waals surface area contributed by atoms with Gasteiger partial charge in [0.15, 0.2) is 0 Å². The second-order valence-electron chi connectivity index (χ2n) is 21.2. The molecule has 0 amide bonds. The van der Waals surface area contributed by atoms with E-state index in [0.29, 0.717) is 17.8 Å². The summed E-state index contributed by atoms with van der Waals surface area (Å²) >= 11 is 0. The topological polar surface area (TPSA) is 3.24 Å². The molecule has 72 heavy (non-hydrogen) atoms. The Labute approximate surface area is 423 Å². The monoisotopic (exact) mass is 919 g/mol. The molecule has 10 aromatic rings. The number of allylic oxidation sites excluding steroid dienone is 3. The van der Waals surface area contributed by atoms with E-state index >= 15 is 0 Å². The molecule has 1 heteroatoms. The van der Waals surface area contributed by atoms with E-state index in [1.54, 1.807) is 11.1 Å². The lowest BCUT2D eigenvalue weighted by molar-refractivity contribution is 0.336. The maximum Gasteiger partial charge on any atom is 0.0465 e. The molecule has 342 valence electrons. The van der Waals surface area contributed by atoms with E-state index in [0.717, 1.165) is 17.8 Å². The molecule has 0 N–H and O–H groups in total. The third kappa shape index (κ3) is 6.01. The molecule has 5 aliphatic carbocycles. The number of hydrogen-bond donors (Lipinski definition) is 0. The van der Waals surface area contributed by atoms with Crippen LogP contribution in [-0.2, 0) is 10.8 Å². The van der Waals surface area contributed by atoms with E-state index in [1.807, 2.05) is 0 Å². The van der Waals surface area contributed by atoms with Crippen LogP contribution in [-0.4, -0.2) is 0 Å². The summed E-state index contributed by atoms with van der Waals surface area (Å²) < 4.78 is 0. The second kappa shape index (κ2) is 15.9. The molecule has 1 nitrogen and oxygen atoms in total. The van der Waals surface area contributed by atoms with Gasteiger partial charge in [0, 0.05) is 33.8 Å². The highest BCUT2D eigenvalue weighted by atomic mass is 15.1. The van der Waals surface area contributed by atoms with Crippen LogP contribution in [0.2, 0.25) is 0 Å². The molecular weight excluding hydrogens is 867 g/mol. The van der Waals surface area contributed by atoms with Crippen LogP contribution in [0.15, 0.2) is 261 Å². The van der Waals surface area contributed by atoms with Crippen molar-refractivity contribution >= 4 is 22.1 Å². The first-order valence-electron chi connectivity index (χ1n) is 26.0. The van der Waals surface area contributed by atoms with Crippen molar-refractivity contribution in [2.24, 2.45) is 5.92 Å². The summed E-state index contributed by atoms with van der Waals surface area (Å²) in [4.78, 5) is 2.50. The lowest BCUT2D eigenvalue weighted by Gasteiger charge is -2.38. The molecule has 0 heterocycles. The van der Waals surface area contributed by atoms with E-state index in [1.165, 1.54) is 95.2 Å². The molecule has 0 spiro atoms. The summed E-state index contributed by atoms with van der Waals surface area (Å²) in [6, 6.07) is 88.9. The average Bonchev–Trinajstić information content (AvgIpc) is 3.94. The zero-order chi connectivity index (χ0) is 47.5. The van der Waals surface area contributed by atoms with Gasteiger partial charge in [-0.25, -0.2) is 0 Å². The van der Waals surface area contributed by atoms with E-state index in [2.05, 4.69) is 267 Å². The van der Waals surface area contributed by atoms with Gasteiger partial charge in [0.25, 0.3) is 0 Å². The summed E-state index contributed by atoms with van der Waals surface area (Å²) in [5.74, 6) is 2.00. The highest BCUT2D eigenvalue weighted by molar-refractivity contribution is 5.98. The largest absolute Gasteiger partial charge is 0.311 e. The van der Waals surface area contributed by atoms with Crippen molar-refractivity contribution in [1.29, 1.82) is 0 Å². The minimum absolute atomic E-state index is 0.232. The molecule has 15 rings (SSSR count). The van der Waals surface area contributed by atoms with Crippen molar-refractivity contribution in [2.45, 2.75) is 48.3 Å². The Bertz CT molecular complexity index is 3850. The lowest BCUT2D eigenvalue weighted by Crippen LogP contribution is -2.29. The van der Waals surface area contributed by atoms with Crippen LogP contribution in [0.5, 0.6) is 0 Å². The molecule has 0 aliphatic heterocycles. The molecule has 10 aromatic carbocycles. The van der Waals surface area contributed by atoms with E-state index < -0.39 is 0 Å². The zero-order valence-corrected chi connectivity index (χ0v) is 40.4. The lowest BCUT2D eigenvalue weighted by atomic mass is 9.65. The van der Waals surface area contributed by atoms with Crippen LogP contribution in [0.3, 0.4) is 0 Å². The molecule has 5 aliphatic rings. The van der Waals surface area contributed by atoms with Crippen LogP contribution in [0.1, 0.15) is 76.5 Å². The first-order chi connectivity index (χ1) is 35.6. The number of anilines is 2. The van der Waals surface area contributed by atoms with Crippen LogP contribution in [0, 0.1) is 5.92 Å². The Morgan fingerprint density at radius 2 is 1.06 bits per heavy atom. The number of benzene rings is 10. The van der Waals surface area contributed by atoms with Crippen molar-refractivity contribution in [1.82, 2.24) is 0 Å². The van der Waals surface area contributed by atoms with Gasteiger partial charge in [-0.1, -0.05) is 212 Å². The second-order valence-corrected chi connectivity index (χ2v) is 21.2. The fourth-order valence-electron chi connectivity index (χ4n) is 14.5. The number of nitrogens with zero attached hydrogens (tertiary/aromatic N) is 1. The van der Waals surface area contributed by atoms with Gasteiger partial charge >= 0.3 is 0 Å². The Morgan fingerprint density at radius 1 is 0.444 bits per heavy atom. The van der Waals surface area contributed by atoms with Gasteiger partial charge in [-0.05, 0) is 174 Å².